The molecule has 8 aromatic carbocycles. The monoisotopic (exact) mass is 971 g/mol. The zero-order valence-electron chi connectivity index (χ0n) is 42.6. The van der Waals surface area contributed by atoms with Crippen LogP contribution in [0.4, 0.5) is 0 Å². The van der Waals surface area contributed by atoms with Gasteiger partial charge in [0.05, 0.1) is 5.56 Å². The van der Waals surface area contributed by atoms with Gasteiger partial charge in [-0.05, 0) is 221 Å². The van der Waals surface area contributed by atoms with Crippen LogP contribution in [0, 0.1) is 35.5 Å². The fourth-order valence-corrected chi connectivity index (χ4v) is 17.2. The lowest BCUT2D eigenvalue weighted by molar-refractivity contribution is -0.00523. The minimum Gasteiger partial charge on any atom is -0.455 e. The van der Waals surface area contributed by atoms with Gasteiger partial charge in [0, 0.05) is 21.9 Å². The van der Waals surface area contributed by atoms with E-state index in [2.05, 4.69) is 188 Å². The number of nitrogens with zero attached hydrogens (tertiary/aromatic N) is 3. The van der Waals surface area contributed by atoms with E-state index in [1.165, 1.54) is 99.3 Å². The van der Waals surface area contributed by atoms with Crippen LogP contribution in [0.2, 0.25) is 0 Å². The average Bonchev–Trinajstić information content (AvgIpc) is 3.86. The van der Waals surface area contributed by atoms with E-state index in [4.69, 9.17) is 19.4 Å². The van der Waals surface area contributed by atoms with E-state index >= 15 is 0 Å². The first-order valence-corrected chi connectivity index (χ1v) is 28.2. The number of aromatic nitrogens is 3. The second kappa shape index (κ2) is 17.0. The number of rotatable bonds is 9. The molecule has 0 unspecified atom stereocenters. The van der Waals surface area contributed by atoms with E-state index in [0.717, 1.165) is 102 Å². The highest BCUT2D eigenvalue weighted by molar-refractivity contribution is 6.11. The molecule has 0 saturated heterocycles. The Balaban J connectivity index is 0.903. The molecule has 8 aliphatic rings. The van der Waals surface area contributed by atoms with Gasteiger partial charge in [-0.25, -0.2) is 15.0 Å². The van der Waals surface area contributed by atoms with Gasteiger partial charge in [0.1, 0.15) is 11.2 Å². The molecular weight excluding hydrogens is 911 g/mol. The van der Waals surface area contributed by atoms with Gasteiger partial charge >= 0.3 is 0 Å². The summed E-state index contributed by atoms with van der Waals surface area (Å²) < 4.78 is 6.94. The topological polar surface area (TPSA) is 51.8 Å². The smallest absolute Gasteiger partial charge is 0.167 e. The SMILES string of the molecule is c1ccc(-c2cc(-c3ccccc3)cc(-c3nc(-c4ccc(C56CC7CC(CC(C7)C5)C6)c(-c5ccccc5)c4)nc(-c4cc(-c5ccc(C67CC8CC(CC(C8)C6)C7)cc5)cc5c4oc4ccccc45)n3)c2)cc1. The minimum absolute atomic E-state index is 0.209. The highest BCUT2D eigenvalue weighted by atomic mass is 16.3. The van der Waals surface area contributed by atoms with Crippen LogP contribution >= 0.6 is 0 Å². The van der Waals surface area contributed by atoms with E-state index in [-0.39, 0.29) is 5.41 Å². The van der Waals surface area contributed by atoms with Crippen LogP contribution in [0.3, 0.4) is 0 Å². The molecule has 18 rings (SSSR count). The van der Waals surface area contributed by atoms with Crippen molar-refractivity contribution in [2.24, 2.45) is 35.5 Å². The maximum atomic E-state index is 6.94. The maximum Gasteiger partial charge on any atom is 0.167 e. The first kappa shape index (κ1) is 43.9. The van der Waals surface area contributed by atoms with Crippen molar-refractivity contribution in [3.63, 3.8) is 0 Å². The number of hydrogen-bond acceptors (Lipinski definition) is 4. The third kappa shape index (κ3) is 7.48. The van der Waals surface area contributed by atoms with Gasteiger partial charge in [0.2, 0.25) is 0 Å². The summed E-state index contributed by atoms with van der Waals surface area (Å²) in [7, 11) is 0. The van der Waals surface area contributed by atoms with Gasteiger partial charge in [-0.3, -0.25) is 0 Å². The molecule has 10 aromatic rings. The molecule has 2 aromatic heterocycles. The van der Waals surface area contributed by atoms with Crippen LogP contribution in [0.25, 0.3) is 101 Å². The van der Waals surface area contributed by atoms with Crippen molar-refractivity contribution < 1.29 is 4.42 Å². The molecule has 0 aliphatic heterocycles. The Labute approximate surface area is 440 Å². The summed E-state index contributed by atoms with van der Waals surface area (Å²) in [4.78, 5) is 16.8. The van der Waals surface area contributed by atoms with Gasteiger partial charge in [0.15, 0.2) is 17.5 Å². The third-order valence-corrected chi connectivity index (χ3v) is 19.6. The number of hydrogen-bond donors (Lipinski definition) is 0. The Morgan fingerprint density at radius 1 is 0.320 bits per heavy atom. The summed E-state index contributed by atoms with van der Waals surface area (Å²) in [5.41, 5.74) is 17.5. The molecule has 4 heteroatoms. The van der Waals surface area contributed by atoms with Crippen LogP contribution in [-0.2, 0) is 10.8 Å². The summed E-state index contributed by atoms with van der Waals surface area (Å²) in [5.74, 6) is 7.12. The molecule has 0 atom stereocenters. The van der Waals surface area contributed by atoms with Crippen molar-refractivity contribution in [1.29, 1.82) is 0 Å². The average molecular weight is 972 g/mol. The summed E-state index contributed by atoms with van der Waals surface area (Å²) in [6.07, 6.45) is 16.6. The lowest BCUT2D eigenvalue weighted by Gasteiger charge is -2.57. The largest absolute Gasteiger partial charge is 0.455 e. The van der Waals surface area contributed by atoms with E-state index in [1.807, 2.05) is 0 Å². The van der Waals surface area contributed by atoms with Gasteiger partial charge in [-0.15, -0.1) is 0 Å². The van der Waals surface area contributed by atoms with E-state index in [0.29, 0.717) is 22.9 Å². The fraction of sp³-hybridized carbons (Fsp3) is 0.282. The number of fused-ring (bicyclic) bond motifs is 3. The van der Waals surface area contributed by atoms with Gasteiger partial charge < -0.3 is 4.42 Å². The van der Waals surface area contributed by atoms with E-state index in [1.54, 1.807) is 5.56 Å². The predicted octanol–water partition coefficient (Wildman–Crippen LogP) is 18.4. The second-order valence-electron chi connectivity index (χ2n) is 24.4. The molecule has 0 N–H and O–H groups in total. The zero-order chi connectivity index (χ0) is 49.2. The quantitative estimate of drug-likeness (QED) is 0.145. The van der Waals surface area contributed by atoms with Crippen LogP contribution < -0.4 is 0 Å². The van der Waals surface area contributed by atoms with Crippen molar-refractivity contribution in [1.82, 2.24) is 15.0 Å². The molecule has 8 saturated carbocycles. The minimum atomic E-state index is 0.209. The van der Waals surface area contributed by atoms with Crippen molar-refractivity contribution in [3.8, 4) is 78.7 Å². The molecule has 8 aliphatic carbocycles. The summed E-state index contributed by atoms with van der Waals surface area (Å²) >= 11 is 0. The molecule has 8 fully saturated rings. The van der Waals surface area contributed by atoms with Crippen molar-refractivity contribution in [2.45, 2.75) is 87.9 Å². The molecule has 2 heterocycles. The third-order valence-electron chi connectivity index (χ3n) is 19.6. The van der Waals surface area contributed by atoms with E-state index in [9.17, 15) is 0 Å². The van der Waals surface area contributed by atoms with Gasteiger partial charge in [0.25, 0.3) is 0 Å². The maximum absolute atomic E-state index is 6.94. The Morgan fingerprint density at radius 3 is 1.35 bits per heavy atom. The van der Waals surface area contributed by atoms with E-state index < -0.39 is 0 Å². The summed E-state index contributed by atoms with van der Waals surface area (Å²) in [6, 6.07) is 69.3. The molecule has 8 bridgehead atoms. The first-order valence-electron chi connectivity index (χ1n) is 28.2. The molecular formula is C71H61N3O. The fourth-order valence-electron chi connectivity index (χ4n) is 17.2. The van der Waals surface area contributed by atoms with Crippen LogP contribution in [0.1, 0.15) is 88.2 Å². The Hall–Kier alpha value is -7.43. The standard InChI is InChI=1S/C71H61N3O/c1-4-12-50(13-5-1)55-32-56(51-14-6-2-7-15-51)34-58(33-55)68-72-67(54-22-25-64(61(35-54)53-16-8-3-9-17-53)71-41-47-29-48(42-71)31-49(30-47)43-71)73-69(74-68)63-37-57(36-62-60-18-10-11-19-65(60)75-66(62)63)52-20-23-59(24-21-52)70-38-44-26-45(39-70)28-46(27-44)40-70/h1-25,32-37,44-49H,26-31,38-43H2. The normalized spacial score (nSPS) is 26.1. The molecule has 4 nitrogen and oxygen atoms in total. The lowest BCUT2D eigenvalue weighted by Crippen LogP contribution is -2.48. The zero-order valence-corrected chi connectivity index (χ0v) is 42.6. The predicted molar refractivity (Wildman–Crippen MR) is 305 cm³/mol. The van der Waals surface area contributed by atoms with Crippen molar-refractivity contribution in [2.75, 3.05) is 0 Å². The Kier molecular flexibility index (Phi) is 9.98. The molecule has 0 radical (unpaired) electrons. The number of furan rings is 1. The molecule has 0 amide bonds. The Morgan fingerprint density at radius 2 is 0.760 bits per heavy atom. The van der Waals surface area contributed by atoms with Crippen molar-refractivity contribution in [3.05, 3.63) is 199 Å². The van der Waals surface area contributed by atoms with Crippen LogP contribution in [-0.4, -0.2) is 15.0 Å². The Bertz CT molecular complexity index is 3710. The van der Waals surface area contributed by atoms with Gasteiger partial charge in [-0.1, -0.05) is 146 Å². The van der Waals surface area contributed by atoms with Gasteiger partial charge in [-0.2, -0.15) is 0 Å². The second-order valence-corrected chi connectivity index (χ2v) is 24.4. The highest BCUT2D eigenvalue weighted by Crippen LogP contribution is 2.63. The molecule has 366 valence electrons. The highest BCUT2D eigenvalue weighted by Gasteiger charge is 2.53. The number of para-hydroxylation sites is 1. The van der Waals surface area contributed by atoms with Crippen LogP contribution in [0.15, 0.2) is 192 Å². The lowest BCUT2D eigenvalue weighted by atomic mass is 9.47. The summed E-state index contributed by atoms with van der Waals surface area (Å²) in [6.45, 7) is 0. The molecule has 75 heavy (non-hydrogen) atoms. The summed E-state index contributed by atoms with van der Waals surface area (Å²) in [5, 5.41) is 2.15. The first-order chi connectivity index (χ1) is 36.9. The van der Waals surface area contributed by atoms with Crippen LogP contribution in [0.5, 0.6) is 0 Å². The molecule has 0 spiro atoms. The van der Waals surface area contributed by atoms with Crippen molar-refractivity contribution >= 4 is 21.9 Å². The number of benzene rings is 8.